The van der Waals surface area contributed by atoms with Gasteiger partial charge < -0.3 is 5.32 Å². The van der Waals surface area contributed by atoms with E-state index >= 15 is 0 Å². The minimum Gasteiger partial charge on any atom is -0.316 e. The third-order valence-electron chi connectivity index (χ3n) is 3.61. The summed E-state index contributed by atoms with van der Waals surface area (Å²) in [6.07, 6.45) is 0. The molecule has 3 aromatic heterocycles. The van der Waals surface area contributed by atoms with Crippen molar-refractivity contribution in [2.45, 2.75) is 13.8 Å². The van der Waals surface area contributed by atoms with Crippen LogP contribution >= 0.6 is 11.3 Å². The number of aryl methyl sites for hydroxylation is 1. The van der Waals surface area contributed by atoms with Crippen LogP contribution < -0.4 is 5.32 Å². The number of carbonyl (C=O) groups is 1. The van der Waals surface area contributed by atoms with E-state index in [0.29, 0.717) is 16.2 Å². The van der Waals surface area contributed by atoms with Crippen molar-refractivity contribution in [3.63, 3.8) is 0 Å². The normalized spacial score (nSPS) is 11.2. The third-order valence-corrected chi connectivity index (χ3v) is 4.48. The lowest BCUT2D eigenvalue weighted by atomic mass is 10.1. The lowest BCUT2D eigenvalue weighted by molar-refractivity contribution is -0.114. The van der Waals surface area contributed by atoms with Crippen LogP contribution in [0.2, 0.25) is 0 Å². The highest BCUT2D eigenvalue weighted by Gasteiger charge is 2.18. The molecule has 0 atom stereocenters. The molecular weight excluding hydrogens is 310 g/mol. The molecular formula is C16H13N5OS. The fraction of sp³-hybridized carbons (Fsp3) is 0.125. The molecule has 0 saturated heterocycles. The van der Waals surface area contributed by atoms with Crippen LogP contribution in [0, 0.1) is 6.92 Å². The number of nitrogens with zero attached hydrogens (tertiary/aromatic N) is 4. The van der Waals surface area contributed by atoms with Gasteiger partial charge in [-0.15, -0.1) is 21.5 Å². The number of aromatic nitrogens is 4. The topological polar surface area (TPSA) is 72.2 Å². The van der Waals surface area contributed by atoms with E-state index in [-0.39, 0.29) is 5.91 Å². The standard InChI is InChI=1S/C16H13N5OS/c1-9-13(11-6-4-3-5-7-11)15-19-18-14-12(21(15)20-9)8-23-16(14)17-10(2)22/h3-8H,1-2H3,(H,17,22). The van der Waals surface area contributed by atoms with Gasteiger partial charge in [0.15, 0.2) is 5.65 Å². The molecule has 23 heavy (non-hydrogen) atoms. The first-order valence-corrected chi connectivity index (χ1v) is 7.99. The number of rotatable bonds is 2. The van der Waals surface area contributed by atoms with Gasteiger partial charge in [-0.3, -0.25) is 4.79 Å². The van der Waals surface area contributed by atoms with Crippen LogP contribution in [0.4, 0.5) is 5.00 Å². The predicted octanol–water partition coefficient (Wildman–Crippen LogP) is 3.27. The SMILES string of the molecule is CC(=O)Nc1scc2c1nnc1c(-c3ccccc3)c(C)nn12. The average molecular weight is 323 g/mol. The van der Waals surface area contributed by atoms with Crippen molar-refractivity contribution in [3.8, 4) is 11.1 Å². The molecule has 0 fully saturated rings. The van der Waals surface area contributed by atoms with Gasteiger partial charge in [-0.05, 0) is 12.5 Å². The summed E-state index contributed by atoms with van der Waals surface area (Å²) < 4.78 is 1.79. The van der Waals surface area contributed by atoms with E-state index in [4.69, 9.17) is 0 Å². The molecule has 1 amide bonds. The Labute approximate surface area is 135 Å². The Hall–Kier alpha value is -2.80. The van der Waals surface area contributed by atoms with Crippen LogP contribution in [0.5, 0.6) is 0 Å². The van der Waals surface area contributed by atoms with Gasteiger partial charge in [-0.25, -0.2) is 4.52 Å². The van der Waals surface area contributed by atoms with Crippen LogP contribution in [-0.2, 0) is 4.79 Å². The van der Waals surface area contributed by atoms with Gasteiger partial charge in [0, 0.05) is 12.3 Å². The highest BCUT2D eigenvalue weighted by molar-refractivity contribution is 7.16. The van der Waals surface area contributed by atoms with Gasteiger partial charge in [0.2, 0.25) is 5.91 Å². The molecule has 0 radical (unpaired) electrons. The second kappa shape index (κ2) is 5.13. The number of hydrogen-bond acceptors (Lipinski definition) is 5. The van der Waals surface area contributed by atoms with Crippen molar-refractivity contribution < 1.29 is 4.79 Å². The van der Waals surface area contributed by atoms with Crippen LogP contribution in [0.25, 0.3) is 27.8 Å². The molecule has 0 aliphatic heterocycles. The number of carbonyl (C=O) groups excluding carboxylic acids is 1. The first-order chi connectivity index (χ1) is 11.1. The highest BCUT2D eigenvalue weighted by atomic mass is 32.1. The molecule has 0 spiro atoms. The van der Waals surface area contributed by atoms with Gasteiger partial charge in [0.1, 0.15) is 16.0 Å². The predicted molar refractivity (Wildman–Crippen MR) is 90.6 cm³/mol. The number of anilines is 1. The number of fused-ring (bicyclic) bond motifs is 3. The molecule has 3 heterocycles. The largest absolute Gasteiger partial charge is 0.316 e. The van der Waals surface area contributed by atoms with E-state index < -0.39 is 0 Å². The van der Waals surface area contributed by atoms with Gasteiger partial charge in [0.05, 0.1) is 11.3 Å². The monoisotopic (exact) mass is 323 g/mol. The molecule has 114 valence electrons. The highest BCUT2D eigenvalue weighted by Crippen LogP contribution is 2.32. The minimum atomic E-state index is -0.128. The Morgan fingerprint density at radius 3 is 2.74 bits per heavy atom. The summed E-state index contributed by atoms with van der Waals surface area (Å²) >= 11 is 1.42. The summed E-state index contributed by atoms with van der Waals surface area (Å²) in [6.45, 7) is 3.44. The number of thiophene rings is 1. The summed E-state index contributed by atoms with van der Waals surface area (Å²) in [7, 11) is 0. The molecule has 1 aromatic carbocycles. The molecule has 0 bridgehead atoms. The summed E-state index contributed by atoms with van der Waals surface area (Å²) in [6, 6.07) is 10.0. The summed E-state index contributed by atoms with van der Waals surface area (Å²) in [5.74, 6) is -0.128. The summed E-state index contributed by atoms with van der Waals surface area (Å²) in [5, 5.41) is 18.7. The zero-order valence-electron chi connectivity index (χ0n) is 12.6. The Kier molecular flexibility index (Phi) is 3.09. The first kappa shape index (κ1) is 13.8. The van der Waals surface area contributed by atoms with E-state index in [1.54, 1.807) is 4.52 Å². The lowest BCUT2D eigenvalue weighted by Crippen LogP contribution is -2.05. The minimum absolute atomic E-state index is 0.128. The maximum atomic E-state index is 11.3. The maximum absolute atomic E-state index is 11.3. The van der Waals surface area contributed by atoms with E-state index in [2.05, 4.69) is 20.6 Å². The molecule has 0 aliphatic carbocycles. The van der Waals surface area contributed by atoms with Gasteiger partial charge in [0.25, 0.3) is 0 Å². The molecule has 7 heteroatoms. The second-order valence-corrected chi connectivity index (χ2v) is 6.12. The van der Waals surface area contributed by atoms with Crippen molar-refractivity contribution in [3.05, 3.63) is 41.4 Å². The van der Waals surface area contributed by atoms with Crippen molar-refractivity contribution in [2.75, 3.05) is 5.32 Å². The van der Waals surface area contributed by atoms with Crippen LogP contribution in [-0.4, -0.2) is 25.7 Å². The van der Waals surface area contributed by atoms with Gasteiger partial charge in [-0.2, -0.15) is 5.10 Å². The molecule has 4 rings (SSSR count). The Bertz CT molecular complexity index is 1030. The van der Waals surface area contributed by atoms with Crippen LogP contribution in [0.1, 0.15) is 12.6 Å². The zero-order valence-corrected chi connectivity index (χ0v) is 13.4. The summed E-state index contributed by atoms with van der Waals surface area (Å²) in [4.78, 5) is 11.3. The van der Waals surface area contributed by atoms with Crippen molar-refractivity contribution in [1.82, 2.24) is 19.8 Å². The van der Waals surface area contributed by atoms with Gasteiger partial charge >= 0.3 is 0 Å². The Morgan fingerprint density at radius 2 is 2.00 bits per heavy atom. The van der Waals surface area contributed by atoms with Crippen molar-refractivity contribution >= 4 is 38.9 Å². The summed E-state index contributed by atoms with van der Waals surface area (Å²) in [5.41, 5.74) is 5.14. The molecule has 4 aromatic rings. The van der Waals surface area contributed by atoms with E-state index in [1.807, 2.05) is 42.6 Å². The molecule has 0 aliphatic rings. The number of amides is 1. The van der Waals surface area contributed by atoms with Crippen molar-refractivity contribution in [2.24, 2.45) is 0 Å². The molecule has 0 saturated carbocycles. The van der Waals surface area contributed by atoms with E-state index in [9.17, 15) is 4.79 Å². The van der Waals surface area contributed by atoms with Gasteiger partial charge in [-0.1, -0.05) is 30.3 Å². The van der Waals surface area contributed by atoms with Crippen LogP contribution in [0.15, 0.2) is 35.7 Å². The number of hydrogen-bond donors (Lipinski definition) is 1. The van der Waals surface area contributed by atoms with E-state index in [1.165, 1.54) is 18.3 Å². The fourth-order valence-corrected chi connectivity index (χ4v) is 3.55. The maximum Gasteiger partial charge on any atom is 0.221 e. The second-order valence-electron chi connectivity index (χ2n) is 5.24. The number of benzene rings is 1. The molecule has 6 nitrogen and oxygen atoms in total. The lowest BCUT2D eigenvalue weighted by Gasteiger charge is -2.01. The first-order valence-electron chi connectivity index (χ1n) is 7.11. The quantitative estimate of drug-likeness (QED) is 0.614. The Balaban J connectivity index is 1.99. The molecule has 0 unspecified atom stereocenters. The Morgan fingerprint density at radius 1 is 1.22 bits per heavy atom. The molecule has 1 N–H and O–H groups in total. The third kappa shape index (κ3) is 2.17. The van der Waals surface area contributed by atoms with Crippen LogP contribution in [0.3, 0.4) is 0 Å². The fourth-order valence-electron chi connectivity index (χ4n) is 2.65. The zero-order chi connectivity index (χ0) is 16.0. The van der Waals surface area contributed by atoms with Crippen molar-refractivity contribution in [1.29, 1.82) is 0 Å². The smallest absolute Gasteiger partial charge is 0.221 e. The average Bonchev–Trinajstić information content (AvgIpc) is 3.08. The number of nitrogens with one attached hydrogen (secondary N) is 1. The van der Waals surface area contributed by atoms with E-state index in [0.717, 1.165) is 22.3 Å².